The highest BCUT2D eigenvalue weighted by molar-refractivity contribution is 5.88. The summed E-state index contributed by atoms with van der Waals surface area (Å²) in [5.41, 5.74) is 14.1. The van der Waals surface area contributed by atoms with E-state index in [-0.39, 0.29) is 12.1 Å². The van der Waals surface area contributed by atoms with Crippen molar-refractivity contribution in [1.29, 1.82) is 0 Å². The first-order valence-electron chi connectivity index (χ1n) is 11.6. The maximum absolute atomic E-state index is 13.9. The van der Waals surface area contributed by atoms with Gasteiger partial charge in [-0.25, -0.2) is 0 Å². The molecular formula is C27H24N6O. The van der Waals surface area contributed by atoms with Crippen LogP contribution in [0.4, 0.5) is 0 Å². The molecule has 1 aliphatic rings. The lowest BCUT2D eigenvalue weighted by atomic mass is 9.92. The van der Waals surface area contributed by atoms with Gasteiger partial charge in [-0.2, -0.15) is 9.61 Å². The van der Waals surface area contributed by atoms with Gasteiger partial charge in [0.25, 0.3) is 5.56 Å². The van der Waals surface area contributed by atoms with Crippen LogP contribution in [0.3, 0.4) is 0 Å². The molecule has 0 spiro atoms. The van der Waals surface area contributed by atoms with Crippen LogP contribution < -0.4 is 11.3 Å². The molecule has 168 valence electrons. The Morgan fingerprint density at radius 2 is 1.76 bits per heavy atom. The van der Waals surface area contributed by atoms with Crippen molar-refractivity contribution >= 4 is 22.3 Å². The average Bonchev–Trinajstić information content (AvgIpc) is 3.29. The van der Waals surface area contributed by atoms with E-state index in [4.69, 9.17) is 10.8 Å². The van der Waals surface area contributed by atoms with Crippen LogP contribution >= 0.6 is 0 Å². The van der Waals surface area contributed by atoms with Gasteiger partial charge >= 0.3 is 0 Å². The molecule has 7 nitrogen and oxygen atoms in total. The fraction of sp³-hybridized carbons (Fsp3) is 0.185. The van der Waals surface area contributed by atoms with Crippen LogP contribution in [-0.4, -0.2) is 24.6 Å². The number of nitrogens with two attached hydrogens (primary N) is 1. The maximum atomic E-state index is 13.9. The van der Waals surface area contributed by atoms with E-state index in [0.717, 1.165) is 52.7 Å². The number of nitrogens with zero attached hydrogens (tertiary/aromatic N) is 4. The number of aromatic nitrogens is 5. The van der Waals surface area contributed by atoms with E-state index in [0.29, 0.717) is 16.9 Å². The molecule has 0 radical (unpaired) electrons. The Kier molecular flexibility index (Phi) is 5.04. The molecule has 0 saturated heterocycles. The molecule has 0 amide bonds. The van der Waals surface area contributed by atoms with Crippen LogP contribution in [0.15, 0.2) is 71.8 Å². The molecule has 0 unspecified atom stereocenters. The molecule has 34 heavy (non-hydrogen) atoms. The Morgan fingerprint density at radius 1 is 0.941 bits per heavy atom. The number of aromatic amines is 1. The van der Waals surface area contributed by atoms with E-state index in [1.807, 2.05) is 48.5 Å². The maximum Gasteiger partial charge on any atom is 0.282 e. The molecule has 0 bridgehead atoms. The smallest absolute Gasteiger partial charge is 0.282 e. The number of fused-ring (bicyclic) bond motifs is 2. The first kappa shape index (κ1) is 20.5. The van der Waals surface area contributed by atoms with E-state index in [1.165, 1.54) is 16.5 Å². The second kappa shape index (κ2) is 8.35. The fourth-order valence-corrected chi connectivity index (χ4v) is 4.86. The summed E-state index contributed by atoms with van der Waals surface area (Å²) < 4.78 is 1.50. The Balaban J connectivity index is 1.65. The summed E-state index contributed by atoms with van der Waals surface area (Å²) in [6, 6.07) is 15.7. The zero-order valence-electron chi connectivity index (χ0n) is 18.7. The number of benzene rings is 2. The minimum atomic E-state index is -0.197. The van der Waals surface area contributed by atoms with Crippen molar-refractivity contribution in [2.24, 2.45) is 5.73 Å². The van der Waals surface area contributed by atoms with Gasteiger partial charge in [-0.1, -0.05) is 42.5 Å². The monoisotopic (exact) mass is 448 g/mol. The van der Waals surface area contributed by atoms with Crippen LogP contribution in [0.2, 0.25) is 0 Å². The minimum Gasteiger partial charge on any atom is -0.341 e. The van der Waals surface area contributed by atoms with Gasteiger partial charge in [0, 0.05) is 35.8 Å². The molecule has 3 N–H and O–H groups in total. The molecule has 3 heterocycles. The minimum absolute atomic E-state index is 0.197. The van der Waals surface area contributed by atoms with E-state index >= 15 is 0 Å². The molecule has 7 heteroatoms. The Morgan fingerprint density at radius 3 is 2.53 bits per heavy atom. The SMILES string of the molecule is NCc1[nH]c2c(C3=CCCCC3)c(-c3ccccc3)nn2c(=O)c1-c1ccc2nccnc2c1. The predicted octanol–water partition coefficient (Wildman–Crippen LogP) is 4.72. The third kappa shape index (κ3) is 3.33. The molecule has 6 rings (SSSR count). The molecule has 2 aromatic carbocycles. The molecule has 1 aliphatic carbocycles. The van der Waals surface area contributed by atoms with Crippen molar-refractivity contribution in [1.82, 2.24) is 24.6 Å². The number of H-pyrrole nitrogens is 1. The summed E-state index contributed by atoms with van der Waals surface area (Å²) in [4.78, 5) is 26.1. The molecule has 5 aromatic rings. The van der Waals surface area contributed by atoms with Gasteiger partial charge in [0.15, 0.2) is 0 Å². The number of rotatable bonds is 4. The van der Waals surface area contributed by atoms with Crippen LogP contribution in [0.25, 0.3) is 44.6 Å². The summed E-state index contributed by atoms with van der Waals surface area (Å²) in [5.74, 6) is 0. The third-order valence-corrected chi connectivity index (χ3v) is 6.48. The Bertz CT molecular complexity index is 1610. The number of nitrogens with one attached hydrogen (secondary N) is 1. The van der Waals surface area contributed by atoms with Gasteiger partial charge in [-0.05, 0) is 49.0 Å². The van der Waals surface area contributed by atoms with E-state index < -0.39 is 0 Å². The lowest BCUT2D eigenvalue weighted by Gasteiger charge is -2.14. The molecular weight excluding hydrogens is 424 g/mol. The topological polar surface area (TPSA) is 102 Å². The van der Waals surface area contributed by atoms with E-state index in [9.17, 15) is 4.79 Å². The van der Waals surface area contributed by atoms with Crippen LogP contribution in [0, 0.1) is 0 Å². The zero-order valence-corrected chi connectivity index (χ0v) is 18.7. The van der Waals surface area contributed by atoms with Crippen LogP contribution in [0.1, 0.15) is 36.9 Å². The van der Waals surface area contributed by atoms with Crippen molar-refractivity contribution < 1.29 is 0 Å². The second-order valence-electron chi connectivity index (χ2n) is 8.57. The Hall–Kier alpha value is -4.10. The largest absolute Gasteiger partial charge is 0.341 e. The summed E-state index contributed by atoms with van der Waals surface area (Å²) in [5, 5.41) is 4.84. The molecule has 0 fully saturated rings. The summed E-state index contributed by atoms with van der Waals surface area (Å²) in [6.07, 6.45) is 9.89. The zero-order chi connectivity index (χ0) is 23.1. The first-order valence-corrected chi connectivity index (χ1v) is 11.6. The third-order valence-electron chi connectivity index (χ3n) is 6.48. The van der Waals surface area contributed by atoms with Crippen LogP contribution in [-0.2, 0) is 6.54 Å². The standard InChI is InChI=1S/C27H24N6O/c28-16-22-23(19-11-12-20-21(15-19)30-14-13-29-20)27(34)33-26(31-22)24(17-7-3-1-4-8-17)25(32-33)18-9-5-2-6-10-18/h2,5-7,9-15,31H,1,3-4,8,16,28H2. The summed E-state index contributed by atoms with van der Waals surface area (Å²) in [7, 11) is 0. The van der Waals surface area contributed by atoms with Gasteiger partial charge in [-0.15, -0.1) is 0 Å². The van der Waals surface area contributed by atoms with Crippen molar-refractivity contribution in [2.75, 3.05) is 0 Å². The average molecular weight is 449 g/mol. The van der Waals surface area contributed by atoms with E-state index in [1.54, 1.807) is 12.4 Å². The lowest BCUT2D eigenvalue weighted by molar-refractivity contribution is 0.742. The molecule has 0 aliphatic heterocycles. The van der Waals surface area contributed by atoms with Crippen molar-refractivity contribution in [3.8, 4) is 22.4 Å². The quantitative estimate of drug-likeness (QED) is 0.414. The van der Waals surface area contributed by atoms with Crippen molar-refractivity contribution in [3.63, 3.8) is 0 Å². The van der Waals surface area contributed by atoms with Gasteiger partial charge in [-0.3, -0.25) is 14.8 Å². The van der Waals surface area contributed by atoms with Gasteiger partial charge in [0.05, 0.1) is 16.6 Å². The predicted molar refractivity (Wildman–Crippen MR) is 134 cm³/mol. The molecule has 0 saturated carbocycles. The Labute approximate surface area is 196 Å². The second-order valence-corrected chi connectivity index (χ2v) is 8.57. The normalized spacial score (nSPS) is 14.0. The first-order chi connectivity index (χ1) is 16.7. The van der Waals surface area contributed by atoms with Gasteiger partial charge in [0.1, 0.15) is 11.3 Å². The van der Waals surface area contributed by atoms with E-state index in [2.05, 4.69) is 21.0 Å². The van der Waals surface area contributed by atoms with Crippen molar-refractivity contribution in [3.05, 3.63) is 88.6 Å². The lowest BCUT2D eigenvalue weighted by Crippen LogP contribution is -2.21. The number of hydrogen-bond donors (Lipinski definition) is 2. The summed E-state index contributed by atoms with van der Waals surface area (Å²) in [6.45, 7) is 0.198. The molecule has 3 aromatic heterocycles. The molecule has 0 atom stereocenters. The van der Waals surface area contributed by atoms with Gasteiger partial charge in [0.2, 0.25) is 0 Å². The highest BCUT2D eigenvalue weighted by Gasteiger charge is 2.24. The number of allylic oxidation sites excluding steroid dienone is 2. The number of hydrogen-bond acceptors (Lipinski definition) is 5. The highest BCUT2D eigenvalue weighted by atomic mass is 16.1. The van der Waals surface area contributed by atoms with Crippen LogP contribution in [0.5, 0.6) is 0 Å². The summed E-state index contributed by atoms with van der Waals surface area (Å²) >= 11 is 0. The van der Waals surface area contributed by atoms with Gasteiger partial charge < -0.3 is 10.7 Å². The fourth-order valence-electron chi connectivity index (χ4n) is 4.86. The van der Waals surface area contributed by atoms with Crippen molar-refractivity contribution in [2.45, 2.75) is 32.2 Å². The highest BCUT2D eigenvalue weighted by Crippen LogP contribution is 2.36.